The number of amides is 1. The molecule has 0 saturated carbocycles. The van der Waals surface area contributed by atoms with Gasteiger partial charge in [0.15, 0.2) is 0 Å². The molecule has 0 aliphatic carbocycles. The van der Waals surface area contributed by atoms with Crippen molar-refractivity contribution in [3.8, 4) is 11.5 Å². The molecule has 0 bridgehead atoms. The van der Waals surface area contributed by atoms with Crippen LogP contribution in [0.3, 0.4) is 0 Å². The molecule has 7 nitrogen and oxygen atoms in total. The van der Waals surface area contributed by atoms with E-state index in [4.69, 9.17) is 9.47 Å². The van der Waals surface area contributed by atoms with Gasteiger partial charge in [0.2, 0.25) is 0 Å². The van der Waals surface area contributed by atoms with Crippen LogP contribution in [0.4, 0.5) is 0 Å². The number of aliphatic hydroxyl groups excluding tert-OH is 1. The number of nitrogens with zero attached hydrogens (tertiary/aromatic N) is 2. The Hall–Kier alpha value is -3.32. The van der Waals surface area contributed by atoms with Gasteiger partial charge < -0.3 is 24.4 Å². The first-order valence-electron chi connectivity index (χ1n) is 13.9. The second kappa shape index (κ2) is 12.5. The summed E-state index contributed by atoms with van der Waals surface area (Å²) in [6.07, 6.45) is 3.96. The number of likely N-dealkylation sites (tertiary alicyclic amines) is 1. The SMILES string of the molecule is CCCCCOc1cccc([C@@H]2/C(=C(\O)c3ccc4c(c3)C[C@@H](C)O4)C(=O)C(=O)N2CCN(CC)CC)c1. The van der Waals surface area contributed by atoms with Crippen molar-refractivity contribution >= 4 is 17.4 Å². The second-order valence-corrected chi connectivity index (χ2v) is 10.1. The molecule has 2 aliphatic rings. The van der Waals surface area contributed by atoms with Gasteiger partial charge in [-0.3, -0.25) is 9.59 Å². The molecule has 2 aromatic rings. The highest BCUT2D eigenvalue weighted by molar-refractivity contribution is 6.46. The molecule has 1 amide bonds. The van der Waals surface area contributed by atoms with Crippen molar-refractivity contribution in [2.45, 2.75) is 65.5 Å². The monoisotopic (exact) mass is 520 g/mol. The van der Waals surface area contributed by atoms with Crippen LogP contribution < -0.4 is 9.47 Å². The molecule has 38 heavy (non-hydrogen) atoms. The van der Waals surface area contributed by atoms with Crippen LogP contribution in [-0.2, 0) is 16.0 Å². The summed E-state index contributed by atoms with van der Waals surface area (Å²) < 4.78 is 11.8. The minimum absolute atomic E-state index is 0.0631. The van der Waals surface area contributed by atoms with Gasteiger partial charge in [-0.2, -0.15) is 0 Å². The standard InChI is InChI=1S/C31H40N2O5/c1-5-8-9-17-37-25-12-10-11-22(20-25)28-27(30(35)31(36)33(28)16-15-32(6-2)7-3)29(34)23-13-14-26-24(19-23)18-21(4)38-26/h10-14,19-21,28,34H,5-9,15-18H2,1-4H3/b29-27+/t21-,28-/m1/s1. The van der Waals surface area contributed by atoms with Gasteiger partial charge in [0.1, 0.15) is 23.4 Å². The minimum atomic E-state index is -0.701. The summed E-state index contributed by atoms with van der Waals surface area (Å²) in [4.78, 5) is 30.6. The zero-order valence-electron chi connectivity index (χ0n) is 23.0. The number of ether oxygens (including phenoxy) is 2. The molecular formula is C31H40N2O5. The molecule has 7 heteroatoms. The van der Waals surface area contributed by atoms with Crippen molar-refractivity contribution in [1.82, 2.24) is 9.80 Å². The van der Waals surface area contributed by atoms with Crippen LogP contribution in [-0.4, -0.2) is 65.5 Å². The van der Waals surface area contributed by atoms with E-state index >= 15 is 0 Å². The van der Waals surface area contributed by atoms with Crippen LogP contribution in [0.15, 0.2) is 48.0 Å². The molecule has 1 saturated heterocycles. The molecule has 0 unspecified atom stereocenters. The highest BCUT2D eigenvalue weighted by Crippen LogP contribution is 2.41. The normalized spacial score (nSPS) is 20.2. The third-order valence-corrected chi connectivity index (χ3v) is 7.45. The van der Waals surface area contributed by atoms with E-state index in [2.05, 4.69) is 25.7 Å². The number of carbonyl (C=O) groups excluding carboxylic acids is 2. The van der Waals surface area contributed by atoms with Crippen LogP contribution in [0.1, 0.15) is 69.7 Å². The van der Waals surface area contributed by atoms with Crippen LogP contribution in [0, 0.1) is 0 Å². The Balaban J connectivity index is 1.73. The van der Waals surface area contributed by atoms with E-state index in [-0.39, 0.29) is 17.4 Å². The summed E-state index contributed by atoms with van der Waals surface area (Å²) in [6, 6.07) is 12.3. The van der Waals surface area contributed by atoms with Gasteiger partial charge in [-0.15, -0.1) is 0 Å². The Labute approximate surface area is 226 Å². The highest BCUT2D eigenvalue weighted by atomic mass is 16.5. The maximum absolute atomic E-state index is 13.4. The van der Waals surface area contributed by atoms with Crippen LogP contribution in [0.5, 0.6) is 11.5 Å². The largest absolute Gasteiger partial charge is 0.507 e. The smallest absolute Gasteiger partial charge is 0.295 e. The first-order valence-corrected chi connectivity index (χ1v) is 13.9. The zero-order valence-corrected chi connectivity index (χ0v) is 23.0. The molecule has 1 N–H and O–H groups in total. The average Bonchev–Trinajstić information content (AvgIpc) is 3.42. The fourth-order valence-corrected chi connectivity index (χ4v) is 5.29. The van der Waals surface area contributed by atoms with Crippen molar-refractivity contribution in [3.05, 3.63) is 64.7 Å². The first kappa shape index (κ1) is 27.7. The average molecular weight is 521 g/mol. The molecule has 0 radical (unpaired) electrons. The lowest BCUT2D eigenvalue weighted by Crippen LogP contribution is -2.38. The molecule has 2 aliphatic heterocycles. The topological polar surface area (TPSA) is 79.3 Å². The van der Waals surface area contributed by atoms with E-state index in [1.807, 2.05) is 43.3 Å². The number of hydrogen-bond donors (Lipinski definition) is 1. The molecule has 1 fully saturated rings. The third-order valence-electron chi connectivity index (χ3n) is 7.45. The van der Waals surface area contributed by atoms with Crippen molar-refractivity contribution < 1.29 is 24.2 Å². The maximum Gasteiger partial charge on any atom is 0.295 e. The molecule has 2 aromatic carbocycles. The number of Topliss-reactive ketones (excluding diaryl/α,β-unsaturated/α-hetero) is 1. The van der Waals surface area contributed by atoms with Gasteiger partial charge >= 0.3 is 0 Å². The fraction of sp³-hybridized carbons (Fsp3) is 0.484. The summed E-state index contributed by atoms with van der Waals surface area (Å²) in [5.41, 5.74) is 2.36. The van der Waals surface area contributed by atoms with E-state index in [9.17, 15) is 14.7 Å². The minimum Gasteiger partial charge on any atom is -0.507 e. The van der Waals surface area contributed by atoms with Crippen LogP contribution >= 0.6 is 0 Å². The summed E-state index contributed by atoms with van der Waals surface area (Å²) in [5, 5.41) is 11.5. The summed E-state index contributed by atoms with van der Waals surface area (Å²) in [6.45, 7) is 11.6. The van der Waals surface area contributed by atoms with Gasteiger partial charge in [0, 0.05) is 25.1 Å². The molecule has 204 valence electrons. The lowest BCUT2D eigenvalue weighted by molar-refractivity contribution is -0.140. The van der Waals surface area contributed by atoms with Crippen LogP contribution in [0.25, 0.3) is 5.76 Å². The maximum atomic E-state index is 13.4. The number of fused-ring (bicyclic) bond motifs is 1. The number of rotatable bonds is 12. The van der Waals surface area contributed by atoms with Gasteiger partial charge in [-0.1, -0.05) is 45.7 Å². The molecular weight excluding hydrogens is 480 g/mol. The van der Waals surface area contributed by atoms with Crippen molar-refractivity contribution in [2.24, 2.45) is 0 Å². The molecule has 2 heterocycles. The number of hydrogen-bond acceptors (Lipinski definition) is 6. The number of likely N-dealkylation sites (N-methyl/N-ethyl adjacent to an activating group) is 1. The summed E-state index contributed by atoms with van der Waals surface area (Å²) in [5.74, 6) is 0.0765. The number of aliphatic hydroxyl groups is 1. The Bertz CT molecular complexity index is 1190. The predicted molar refractivity (Wildman–Crippen MR) is 148 cm³/mol. The third kappa shape index (κ3) is 5.88. The predicted octanol–water partition coefficient (Wildman–Crippen LogP) is 5.34. The molecule has 2 atom stereocenters. The second-order valence-electron chi connectivity index (χ2n) is 10.1. The van der Waals surface area contributed by atoms with Gasteiger partial charge in [-0.25, -0.2) is 0 Å². The molecule has 0 spiro atoms. The van der Waals surface area contributed by atoms with Gasteiger partial charge in [-0.05, 0) is 67.9 Å². The van der Waals surface area contributed by atoms with Crippen molar-refractivity contribution in [3.63, 3.8) is 0 Å². The fourth-order valence-electron chi connectivity index (χ4n) is 5.29. The lowest BCUT2D eigenvalue weighted by Gasteiger charge is -2.28. The zero-order chi connectivity index (χ0) is 27.2. The summed E-state index contributed by atoms with van der Waals surface area (Å²) >= 11 is 0. The van der Waals surface area contributed by atoms with E-state index in [1.165, 1.54) is 0 Å². The van der Waals surface area contributed by atoms with Crippen molar-refractivity contribution in [1.29, 1.82) is 0 Å². The number of unbranched alkanes of at least 4 members (excludes halogenated alkanes) is 2. The number of benzene rings is 2. The highest BCUT2D eigenvalue weighted by Gasteiger charge is 2.46. The quantitative estimate of drug-likeness (QED) is 0.176. The summed E-state index contributed by atoms with van der Waals surface area (Å²) in [7, 11) is 0. The van der Waals surface area contributed by atoms with E-state index in [1.54, 1.807) is 11.0 Å². The van der Waals surface area contributed by atoms with Gasteiger partial charge in [0.25, 0.3) is 11.7 Å². The Morgan fingerprint density at radius 1 is 1.11 bits per heavy atom. The number of ketones is 1. The van der Waals surface area contributed by atoms with E-state index in [0.717, 1.165) is 55.6 Å². The first-order chi connectivity index (χ1) is 18.4. The van der Waals surface area contributed by atoms with E-state index < -0.39 is 17.7 Å². The van der Waals surface area contributed by atoms with Crippen molar-refractivity contribution in [2.75, 3.05) is 32.8 Å². The van der Waals surface area contributed by atoms with Gasteiger partial charge in [0.05, 0.1) is 18.2 Å². The molecule has 0 aromatic heterocycles. The van der Waals surface area contributed by atoms with Crippen LogP contribution in [0.2, 0.25) is 0 Å². The Morgan fingerprint density at radius 2 is 1.89 bits per heavy atom. The van der Waals surface area contributed by atoms with E-state index in [0.29, 0.717) is 31.0 Å². The lowest BCUT2D eigenvalue weighted by atomic mass is 9.94. The Kier molecular flexibility index (Phi) is 9.10. The number of carbonyl (C=O) groups is 2. The molecule has 4 rings (SSSR count). The Morgan fingerprint density at radius 3 is 2.63 bits per heavy atom.